The van der Waals surface area contributed by atoms with Crippen LogP contribution in [0.2, 0.25) is 0 Å². The van der Waals surface area contributed by atoms with Crippen molar-refractivity contribution < 1.29 is 9.53 Å². The lowest BCUT2D eigenvalue weighted by atomic mass is 10.0. The van der Waals surface area contributed by atoms with Crippen molar-refractivity contribution in [2.75, 3.05) is 37.7 Å². The molecule has 164 valence electrons. The zero-order valence-electron chi connectivity index (χ0n) is 18.5. The van der Waals surface area contributed by atoms with E-state index in [9.17, 15) is 4.79 Å². The fourth-order valence-electron chi connectivity index (χ4n) is 4.04. The number of rotatable bonds is 6. The summed E-state index contributed by atoms with van der Waals surface area (Å²) in [6, 6.07) is 15.8. The Morgan fingerprint density at radius 3 is 2.52 bits per heavy atom. The number of H-pyrrole nitrogens is 1. The Labute approximate surface area is 183 Å². The summed E-state index contributed by atoms with van der Waals surface area (Å²) in [5.41, 5.74) is 2.99. The number of piperazine rings is 1. The first-order valence-electron chi connectivity index (χ1n) is 11.0. The monoisotopic (exact) mass is 421 g/mol. The van der Waals surface area contributed by atoms with Crippen LogP contribution in [0.15, 0.2) is 48.5 Å². The number of aromatic nitrogens is 2. The lowest BCUT2D eigenvalue weighted by molar-refractivity contribution is 0.186. The predicted molar refractivity (Wildman–Crippen MR) is 124 cm³/mol. The third-order valence-corrected chi connectivity index (χ3v) is 5.72. The highest BCUT2D eigenvalue weighted by Gasteiger charge is 2.27. The number of nitrogens with zero attached hydrogens (tertiary/aromatic N) is 3. The largest absolute Gasteiger partial charge is 0.492 e. The van der Waals surface area contributed by atoms with E-state index in [2.05, 4.69) is 35.1 Å². The third-order valence-electron chi connectivity index (χ3n) is 5.72. The highest BCUT2D eigenvalue weighted by Crippen LogP contribution is 2.29. The van der Waals surface area contributed by atoms with E-state index in [4.69, 9.17) is 9.72 Å². The molecule has 31 heavy (non-hydrogen) atoms. The number of para-hydroxylation sites is 4. The molecule has 0 radical (unpaired) electrons. The number of carbonyl (C=O) groups is 1. The summed E-state index contributed by atoms with van der Waals surface area (Å²) >= 11 is 0. The molecule has 1 fully saturated rings. The van der Waals surface area contributed by atoms with Gasteiger partial charge < -0.3 is 24.8 Å². The van der Waals surface area contributed by atoms with Gasteiger partial charge in [0.15, 0.2) is 0 Å². The minimum absolute atomic E-state index is 0.0445. The average molecular weight is 422 g/mol. The third kappa shape index (κ3) is 4.60. The fraction of sp³-hybridized carbons (Fsp3) is 0.417. The molecule has 0 saturated carbocycles. The van der Waals surface area contributed by atoms with Crippen LogP contribution in [0.4, 0.5) is 10.5 Å². The number of aromatic amines is 1. The van der Waals surface area contributed by atoms with E-state index in [1.54, 1.807) is 0 Å². The SMILES string of the molecule is CCOc1ccccc1N1CCN(C(=O)NC(c2nc3ccccc3[nH]2)C(C)C)CC1. The molecular weight excluding hydrogens is 390 g/mol. The molecule has 7 heteroatoms. The van der Waals surface area contributed by atoms with Gasteiger partial charge in [0.2, 0.25) is 0 Å². The fourth-order valence-corrected chi connectivity index (χ4v) is 4.04. The van der Waals surface area contributed by atoms with E-state index in [0.717, 1.165) is 41.4 Å². The second kappa shape index (κ2) is 9.29. The highest BCUT2D eigenvalue weighted by molar-refractivity contribution is 5.77. The zero-order valence-corrected chi connectivity index (χ0v) is 18.5. The minimum atomic E-state index is -0.170. The van der Waals surface area contributed by atoms with Crippen molar-refractivity contribution in [2.24, 2.45) is 5.92 Å². The molecule has 2 N–H and O–H groups in total. The van der Waals surface area contributed by atoms with E-state index in [1.807, 2.05) is 54.3 Å². The van der Waals surface area contributed by atoms with Gasteiger partial charge in [0.25, 0.3) is 0 Å². The number of benzene rings is 2. The summed E-state index contributed by atoms with van der Waals surface area (Å²) in [6.45, 7) is 9.70. The standard InChI is InChI=1S/C24H31N5O2/c1-4-31-21-12-8-7-11-20(21)28-13-15-29(16-14-28)24(30)27-22(17(2)3)23-25-18-9-5-6-10-19(18)26-23/h5-12,17,22H,4,13-16H2,1-3H3,(H,25,26)(H,27,30). The van der Waals surface area contributed by atoms with Gasteiger partial charge in [-0.25, -0.2) is 9.78 Å². The van der Waals surface area contributed by atoms with Crippen molar-refractivity contribution in [3.63, 3.8) is 0 Å². The topological polar surface area (TPSA) is 73.5 Å². The van der Waals surface area contributed by atoms with E-state index in [1.165, 1.54) is 0 Å². The summed E-state index contributed by atoms with van der Waals surface area (Å²) in [5.74, 6) is 1.91. The quantitative estimate of drug-likeness (QED) is 0.626. The Kier molecular flexibility index (Phi) is 6.30. The molecular formula is C24H31N5O2. The molecule has 1 aliphatic rings. The van der Waals surface area contributed by atoms with Crippen LogP contribution in [0.1, 0.15) is 32.6 Å². The number of nitrogens with one attached hydrogen (secondary N) is 2. The normalized spacial score (nSPS) is 15.4. The smallest absolute Gasteiger partial charge is 0.318 e. The number of hydrogen-bond donors (Lipinski definition) is 2. The average Bonchev–Trinajstić information content (AvgIpc) is 3.21. The number of ether oxygens (including phenoxy) is 1. The second-order valence-electron chi connectivity index (χ2n) is 8.19. The number of amides is 2. The van der Waals surface area contributed by atoms with Crippen LogP contribution in [-0.2, 0) is 0 Å². The zero-order chi connectivity index (χ0) is 21.8. The molecule has 0 aliphatic carbocycles. The molecule has 4 rings (SSSR count). The molecule has 3 aromatic rings. The number of hydrogen-bond acceptors (Lipinski definition) is 4. The summed E-state index contributed by atoms with van der Waals surface area (Å²) in [7, 11) is 0. The van der Waals surface area contributed by atoms with Crippen molar-refractivity contribution in [3.05, 3.63) is 54.4 Å². The molecule has 1 unspecified atom stereocenters. The maximum Gasteiger partial charge on any atom is 0.318 e. The highest BCUT2D eigenvalue weighted by atomic mass is 16.5. The summed E-state index contributed by atoms with van der Waals surface area (Å²) in [5, 5.41) is 3.20. The maximum atomic E-state index is 13.0. The number of fused-ring (bicyclic) bond motifs is 1. The molecule has 2 amide bonds. The van der Waals surface area contributed by atoms with Crippen molar-refractivity contribution in [1.82, 2.24) is 20.2 Å². The Morgan fingerprint density at radius 1 is 1.10 bits per heavy atom. The lowest BCUT2D eigenvalue weighted by Crippen LogP contribution is -2.52. The molecule has 1 aliphatic heterocycles. The Balaban J connectivity index is 1.41. The number of carbonyl (C=O) groups excluding carboxylic acids is 1. The molecule has 2 aromatic carbocycles. The van der Waals surface area contributed by atoms with Crippen LogP contribution >= 0.6 is 0 Å². The molecule has 2 heterocycles. The molecule has 7 nitrogen and oxygen atoms in total. The van der Waals surface area contributed by atoms with E-state index in [-0.39, 0.29) is 18.0 Å². The van der Waals surface area contributed by atoms with E-state index >= 15 is 0 Å². The molecule has 0 spiro atoms. The first kappa shape index (κ1) is 21.0. The number of imidazole rings is 1. The van der Waals surface area contributed by atoms with Gasteiger partial charge in [-0.3, -0.25) is 0 Å². The minimum Gasteiger partial charge on any atom is -0.492 e. The molecule has 0 bridgehead atoms. The van der Waals surface area contributed by atoms with Gasteiger partial charge >= 0.3 is 6.03 Å². The van der Waals surface area contributed by atoms with Gasteiger partial charge in [-0.1, -0.05) is 38.1 Å². The van der Waals surface area contributed by atoms with Gasteiger partial charge in [-0.05, 0) is 37.1 Å². The van der Waals surface area contributed by atoms with Crippen LogP contribution in [0.25, 0.3) is 11.0 Å². The van der Waals surface area contributed by atoms with Crippen molar-refractivity contribution in [3.8, 4) is 5.75 Å². The lowest BCUT2D eigenvalue weighted by Gasteiger charge is -2.37. The van der Waals surface area contributed by atoms with E-state index < -0.39 is 0 Å². The summed E-state index contributed by atoms with van der Waals surface area (Å²) < 4.78 is 5.77. The van der Waals surface area contributed by atoms with Crippen LogP contribution in [0, 0.1) is 5.92 Å². The van der Waals surface area contributed by atoms with Crippen molar-refractivity contribution >= 4 is 22.8 Å². The van der Waals surface area contributed by atoms with Gasteiger partial charge in [0.05, 0.1) is 29.4 Å². The van der Waals surface area contributed by atoms with Crippen LogP contribution in [0.5, 0.6) is 5.75 Å². The van der Waals surface area contributed by atoms with Crippen LogP contribution in [-0.4, -0.2) is 53.7 Å². The summed E-state index contributed by atoms with van der Waals surface area (Å²) in [6.07, 6.45) is 0. The van der Waals surface area contributed by atoms with Gasteiger partial charge in [-0.15, -0.1) is 0 Å². The molecule has 1 atom stereocenters. The second-order valence-corrected chi connectivity index (χ2v) is 8.19. The Morgan fingerprint density at radius 2 is 1.81 bits per heavy atom. The molecule has 1 aromatic heterocycles. The first-order chi connectivity index (χ1) is 15.1. The molecule has 1 saturated heterocycles. The van der Waals surface area contributed by atoms with Crippen molar-refractivity contribution in [2.45, 2.75) is 26.8 Å². The van der Waals surface area contributed by atoms with Crippen LogP contribution in [0.3, 0.4) is 0 Å². The maximum absolute atomic E-state index is 13.0. The Hall–Kier alpha value is -3.22. The Bertz CT molecular complexity index is 990. The van der Waals surface area contributed by atoms with Gasteiger partial charge in [0.1, 0.15) is 11.6 Å². The van der Waals surface area contributed by atoms with Gasteiger partial charge in [0, 0.05) is 26.2 Å². The van der Waals surface area contributed by atoms with E-state index in [0.29, 0.717) is 19.7 Å². The predicted octanol–water partition coefficient (Wildman–Crippen LogP) is 4.19. The van der Waals surface area contributed by atoms with Gasteiger partial charge in [-0.2, -0.15) is 0 Å². The first-order valence-corrected chi connectivity index (χ1v) is 11.0. The number of anilines is 1. The number of urea groups is 1. The summed E-state index contributed by atoms with van der Waals surface area (Å²) in [4.78, 5) is 25.3. The van der Waals surface area contributed by atoms with Crippen molar-refractivity contribution in [1.29, 1.82) is 0 Å². The van der Waals surface area contributed by atoms with Crippen LogP contribution < -0.4 is 15.0 Å².